The molecule has 1 saturated heterocycles. The molecule has 0 aliphatic carbocycles. The number of benzene rings is 2. The smallest absolute Gasteiger partial charge is 0.268 e. The van der Waals surface area contributed by atoms with Crippen LogP contribution in [0.25, 0.3) is 10.1 Å². The molecule has 1 aliphatic heterocycles. The fraction of sp³-hybridized carbons (Fsp3) is 0.435. The number of phenolic OH excluding ortho intramolecular Hbond substituents is 1. The monoisotopic (exact) mass is 443 g/mol. The number of likely N-dealkylation sites (N-methyl/N-ethyl adjacent to an activating group) is 1. The molecule has 7 nitrogen and oxygen atoms in total. The van der Waals surface area contributed by atoms with Crippen molar-refractivity contribution in [2.24, 2.45) is 0 Å². The second kappa shape index (κ2) is 9.30. The molecule has 3 aromatic rings. The molecule has 8 heteroatoms. The first-order chi connectivity index (χ1) is 15.0. The standard InChI is InChI=1S/C23H29N3O4S/c1-4-24-7-9-25(10-8-24)15-17-6-5-16(11-19(17)27)14-26-23(28)18-12-20(29-2)21(30-3)13-22(18)31-26/h5-6,11-13,27H,4,7-10,14-15H2,1-3H3. The van der Waals surface area contributed by atoms with E-state index >= 15 is 0 Å². The number of piperazine rings is 1. The quantitative estimate of drug-likeness (QED) is 0.606. The Morgan fingerprint density at radius 3 is 2.29 bits per heavy atom. The molecule has 166 valence electrons. The van der Waals surface area contributed by atoms with E-state index in [9.17, 15) is 9.90 Å². The second-order valence-corrected chi connectivity index (χ2v) is 8.87. The van der Waals surface area contributed by atoms with Crippen LogP contribution in [0.5, 0.6) is 17.2 Å². The molecule has 0 unspecified atom stereocenters. The van der Waals surface area contributed by atoms with Gasteiger partial charge in [-0.25, -0.2) is 0 Å². The Hall–Kier alpha value is -2.55. The lowest BCUT2D eigenvalue weighted by atomic mass is 10.1. The van der Waals surface area contributed by atoms with Crippen LogP contribution in [0, 0.1) is 0 Å². The van der Waals surface area contributed by atoms with Gasteiger partial charge in [0, 0.05) is 44.4 Å². The maximum atomic E-state index is 12.9. The molecule has 0 amide bonds. The minimum atomic E-state index is -0.0710. The molecular formula is C23H29N3O4S. The van der Waals surface area contributed by atoms with Crippen LogP contribution in [0.1, 0.15) is 18.1 Å². The first-order valence-corrected chi connectivity index (χ1v) is 11.3. The van der Waals surface area contributed by atoms with Crippen LogP contribution in [0.15, 0.2) is 35.1 Å². The number of methoxy groups -OCH3 is 2. The summed E-state index contributed by atoms with van der Waals surface area (Å²) in [5, 5.41) is 11.2. The molecule has 1 aliphatic rings. The van der Waals surface area contributed by atoms with Gasteiger partial charge in [0.25, 0.3) is 5.56 Å². The highest BCUT2D eigenvalue weighted by atomic mass is 32.1. The molecule has 0 spiro atoms. The minimum Gasteiger partial charge on any atom is -0.508 e. The largest absolute Gasteiger partial charge is 0.508 e. The Labute approximate surface area is 186 Å². The highest BCUT2D eigenvalue weighted by molar-refractivity contribution is 7.13. The van der Waals surface area contributed by atoms with Crippen molar-refractivity contribution in [1.29, 1.82) is 0 Å². The number of ether oxygens (including phenoxy) is 2. The van der Waals surface area contributed by atoms with Gasteiger partial charge < -0.3 is 19.5 Å². The van der Waals surface area contributed by atoms with Crippen molar-refractivity contribution in [1.82, 2.24) is 13.8 Å². The second-order valence-electron chi connectivity index (χ2n) is 7.81. The number of nitrogens with zero attached hydrogens (tertiary/aromatic N) is 3. The molecule has 2 aromatic carbocycles. The molecule has 0 bridgehead atoms. The van der Waals surface area contributed by atoms with Gasteiger partial charge in [-0.1, -0.05) is 30.6 Å². The SMILES string of the molecule is CCN1CCN(Cc2ccc(Cn3sc4cc(OC)c(OC)cc4c3=O)cc2O)CC1. The molecular weight excluding hydrogens is 414 g/mol. The average molecular weight is 444 g/mol. The Kier molecular flexibility index (Phi) is 6.50. The highest BCUT2D eigenvalue weighted by Gasteiger charge is 2.17. The summed E-state index contributed by atoms with van der Waals surface area (Å²) in [6, 6.07) is 9.30. The van der Waals surface area contributed by atoms with E-state index in [1.165, 1.54) is 11.5 Å². The minimum absolute atomic E-state index is 0.0710. The molecule has 31 heavy (non-hydrogen) atoms. The van der Waals surface area contributed by atoms with Gasteiger partial charge in [-0.15, -0.1) is 0 Å². The van der Waals surface area contributed by atoms with Crippen LogP contribution < -0.4 is 15.0 Å². The van der Waals surface area contributed by atoms with Crippen LogP contribution >= 0.6 is 11.5 Å². The zero-order chi connectivity index (χ0) is 22.0. The highest BCUT2D eigenvalue weighted by Crippen LogP contribution is 2.33. The van der Waals surface area contributed by atoms with Gasteiger partial charge in [0.15, 0.2) is 11.5 Å². The van der Waals surface area contributed by atoms with Crippen LogP contribution in [-0.2, 0) is 13.1 Å². The first kappa shape index (κ1) is 21.7. The summed E-state index contributed by atoms with van der Waals surface area (Å²) in [7, 11) is 3.14. The van der Waals surface area contributed by atoms with E-state index in [-0.39, 0.29) is 11.3 Å². The van der Waals surface area contributed by atoms with Crippen molar-refractivity contribution >= 4 is 21.6 Å². The lowest BCUT2D eigenvalue weighted by Gasteiger charge is -2.34. The van der Waals surface area contributed by atoms with Gasteiger partial charge in [0.05, 0.1) is 30.9 Å². The van der Waals surface area contributed by atoms with E-state index in [4.69, 9.17) is 9.47 Å². The fourth-order valence-corrected chi connectivity index (χ4v) is 5.05. The summed E-state index contributed by atoms with van der Waals surface area (Å²) in [5.41, 5.74) is 1.75. The van der Waals surface area contributed by atoms with E-state index in [1.54, 1.807) is 30.3 Å². The van der Waals surface area contributed by atoms with Gasteiger partial charge in [-0.2, -0.15) is 0 Å². The van der Waals surface area contributed by atoms with E-state index in [1.807, 2.05) is 18.2 Å². The van der Waals surface area contributed by atoms with E-state index in [0.717, 1.165) is 55.1 Å². The number of hydrogen-bond acceptors (Lipinski definition) is 7. The maximum Gasteiger partial charge on any atom is 0.268 e. The van der Waals surface area contributed by atoms with E-state index in [0.29, 0.717) is 23.4 Å². The summed E-state index contributed by atoms with van der Waals surface area (Å²) >= 11 is 1.38. The van der Waals surface area contributed by atoms with Crippen molar-refractivity contribution in [3.8, 4) is 17.2 Å². The summed E-state index contributed by atoms with van der Waals surface area (Å²) in [4.78, 5) is 17.7. The predicted octanol–water partition coefficient (Wildman–Crippen LogP) is 2.97. The number of phenols is 1. The van der Waals surface area contributed by atoms with Gasteiger partial charge >= 0.3 is 0 Å². The fourth-order valence-electron chi connectivity index (χ4n) is 4.01. The Morgan fingerprint density at radius 1 is 0.968 bits per heavy atom. The van der Waals surface area contributed by atoms with E-state index < -0.39 is 0 Å². The van der Waals surface area contributed by atoms with Crippen LogP contribution in [0.4, 0.5) is 0 Å². The van der Waals surface area contributed by atoms with Crippen molar-refractivity contribution in [2.75, 3.05) is 46.9 Å². The van der Waals surface area contributed by atoms with Crippen LogP contribution in [-0.4, -0.2) is 65.8 Å². The van der Waals surface area contributed by atoms with Crippen LogP contribution in [0.3, 0.4) is 0 Å². The Balaban J connectivity index is 1.51. The zero-order valence-electron chi connectivity index (χ0n) is 18.3. The summed E-state index contributed by atoms with van der Waals surface area (Å²) in [5.74, 6) is 1.43. The molecule has 1 N–H and O–H groups in total. The summed E-state index contributed by atoms with van der Waals surface area (Å²) < 4.78 is 13.2. The Morgan fingerprint density at radius 2 is 1.65 bits per heavy atom. The van der Waals surface area contributed by atoms with E-state index in [2.05, 4.69) is 16.7 Å². The third kappa shape index (κ3) is 4.56. The number of hydrogen-bond donors (Lipinski definition) is 1. The number of aromatic nitrogens is 1. The molecule has 4 rings (SSSR count). The van der Waals surface area contributed by atoms with Crippen molar-refractivity contribution in [3.63, 3.8) is 0 Å². The predicted molar refractivity (Wildman–Crippen MR) is 124 cm³/mol. The molecule has 0 saturated carbocycles. The molecule has 1 fully saturated rings. The maximum absolute atomic E-state index is 12.9. The summed E-state index contributed by atoms with van der Waals surface area (Å²) in [6.45, 7) is 8.59. The zero-order valence-corrected chi connectivity index (χ0v) is 19.1. The van der Waals surface area contributed by atoms with Gasteiger partial charge in [0.2, 0.25) is 0 Å². The normalized spacial score (nSPS) is 15.5. The van der Waals surface area contributed by atoms with Crippen LogP contribution in [0.2, 0.25) is 0 Å². The topological polar surface area (TPSA) is 67.2 Å². The van der Waals surface area contributed by atoms with Crippen molar-refractivity contribution in [3.05, 3.63) is 51.8 Å². The molecule has 0 radical (unpaired) electrons. The molecule has 1 aromatic heterocycles. The number of rotatable bonds is 7. The Bertz CT molecular complexity index is 1120. The average Bonchev–Trinajstić information content (AvgIpc) is 3.09. The molecule has 2 heterocycles. The lowest BCUT2D eigenvalue weighted by Crippen LogP contribution is -2.45. The number of aromatic hydroxyl groups is 1. The van der Waals surface area contributed by atoms with Crippen molar-refractivity contribution in [2.45, 2.75) is 20.0 Å². The van der Waals surface area contributed by atoms with Crippen molar-refractivity contribution < 1.29 is 14.6 Å². The summed E-state index contributed by atoms with van der Waals surface area (Å²) in [6.07, 6.45) is 0. The number of fused-ring (bicyclic) bond motifs is 1. The van der Waals surface area contributed by atoms with Gasteiger partial charge in [-0.3, -0.25) is 13.7 Å². The lowest BCUT2D eigenvalue weighted by molar-refractivity contribution is 0.131. The third-order valence-corrected chi connectivity index (χ3v) is 6.98. The molecule has 0 atom stereocenters. The van der Waals surface area contributed by atoms with Gasteiger partial charge in [-0.05, 0) is 24.2 Å². The third-order valence-electron chi connectivity index (χ3n) is 5.93. The first-order valence-electron chi connectivity index (χ1n) is 10.5. The van der Waals surface area contributed by atoms with Gasteiger partial charge in [0.1, 0.15) is 5.75 Å².